The zero-order valence-corrected chi connectivity index (χ0v) is 9.96. The Kier molecular flexibility index (Phi) is 3.12. The minimum atomic E-state index is -0.375. The van der Waals surface area contributed by atoms with Crippen molar-refractivity contribution in [1.29, 1.82) is 0 Å². The Morgan fingerprint density at radius 1 is 1.53 bits per heavy atom. The third-order valence-corrected chi connectivity index (χ3v) is 2.95. The van der Waals surface area contributed by atoms with Crippen molar-refractivity contribution in [3.8, 4) is 0 Å². The van der Waals surface area contributed by atoms with Crippen molar-refractivity contribution in [3.63, 3.8) is 0 Å². The van der Waals surface area contributed by atoms with E-state index in [9.17, 15) is 9.59 Å². The highest BCUT2D eigenvalue weighted by Crippen LogP contribution is 2.17. The van der Waals surface area contributed by atoms with Gasteiger partial charge in [0.15, 0.2) is 0 Å². The number of imidazole rings is 1. The quantitative estimate of drug-likeness (QED) is 0.672. The minimum absolute atomic E-state index is 0.116. The summed E-state index contributed by atoms with van der Waals surface area (Å²) in [5, 5.41) is 5.34. The van der Waals surface area contributed by atoms with Crippen LogP contribution in [0.1, 0.15) is 41.3 Å². The maximum atomic E-state index is 11.7. The molecule has 0 saturated carbocycles. The number of nitrogens with zero attached hydrogens (tertiary/aromatic N) is 1. The molecular weight excluding hydrogens is 220 g/mol. The molecule has 0 saturated heterocycles. The number of hydrogen-bond acceptors (Lipinski definition) is 3. The van der Waals surface area contributed by atoms with Gasteiger partial charge in [0, 0.05) is 19.3 Å². The number of carbonyl (C=O) groups excluding carboxylic acids is 2. The lowest BCUT2D eigenvalue weighted by Crippen LogP contribution is -2.25. The Morgan fingerprint density at radius 2 is 2.29 bits per heavy atom. The first-order valence-corrected chi connectivity index (χ1v) is 5.72. The number of aromatic amines is 1. The molecule has 0 bridgehead atoms. The fraction of sp³-hybridized carbons (Fsp3) is 0.545. The van der Waals surface area contributed by atoms with Gasteiger partial charge < -0.3 is 15.6 Å². The Hall–Kier alpha value is -1.85. The highest BCUT2D eigenvalue weighted by atomic mass is 16.2. The first-order valence-electron chi connectivity index (χ1n) is 5.72. The SMILES string of the molecule is CNC(=O)C(C)c1nc2c([nH]1)CCCNC2=O. The molecule has 1 aliphatic rings. The van der Waals surface area contributed by atoms with Gasteiger partial charge in [-0.05, 0) is 19.8 Å². The molecule has 0 aliphatic carbocycles. The molecule has 1 aromatic heterocycles. The third-order valence-electron chi connectivity index (χ3n) is 2.95. The molecule has 2 rings (SSSR count). The zero-order chi connectivity index (χ0) is 12.4. The average molecular weight is 236 g/mol. The minimum Gasteiger partial charge on any atom is -0.359 e. The number of hydrogen-bond donors (Lipinski definition) is 3. The summed E-state index contributed by atoms with van der Waals surface area (Å²) in [5.41, 5.74) is 1.25. The van der Waals surface area contributed by atoms with Crippen molar-refractivity contribution in [2.45, 2.75) is 25.7 Å². The maximum absolute atomic E-state index is 11.7. The van der Waals surface area contributed by atoms with E-state index in [1.807, 2.05) is 0 Å². The van der Waals surface area contributed by atoms with E-state index in [4.69, 9.17) is 0 Å². The van der Waals surface area contributed by atoms with Crippen molar-refractivity contribution in [2.24, 2.45) is 0 Å². The van der Waals surface area contributed by atoms with Crippen LogP contribution in [0.2, 0.25) is 0 Å². The Labute approximate surface area is 99.2 Å². The second kappa shape index (κ2) is 4.57. The lowest BCUT2D eigenvalue weighted by Gasteiger charge is -2.06. The maximum Gasteiger partial charge on any atom is 0.271 e. The first kappa shape index (κ1) is 11.6. The van der Waals surface area contributed by atoms with Gasteiger partial charge in [-0.3, -0.25) is 9.59 Å². The lowest BCUT2D eigenvalue weighted by atomic mass is 10.1. The van der Waals surface area contributed by atoms with Gasteiger partial charge in [0.2, 0.25) is 5.91 Å². The van der Waals surface area contributed by atoms with Crippen LogP contribution in [0.5, 0.6) is 0 Å². The molecule has 92 valence electrons. The Balaban J connectivity index is 2.31. The summed E-state index contributed by atoms with van der Waals surface area (Å²) in [6, 6.07) is 0. The van der Waals surface area contributed by atoms with E-state index in [-0.39, 0.29) is 17.7 Å². The number of aryl methyl sites for hydroxylation is 1. The van der Waals surface area contributed by atoms with E-state index in [1.165, 1.54) is 0 Å². The van der Waals surface area contributed by atoms with Crippen LogP contribution in [0.3, 0.4) is 0 Å². The summed E-state index contributed by atoms with van der Waals surface area (Å²) in [5.74, 6) is -0.107. The van der Waals surface area contributed by atoms with E-state index in [0.29, 0.717) is 18.1 Å². The summed E-state index contributed by atoms with van der Waals surface area (Å²) >= 11 is 0. The Bertz CT molecular complexity index is 452. The summed E-state index contributed by atoms with van der Waals surface area (Å²) in [6.45, 7) is 2.43. The van der Waals surface area contributed by atoms with Crippen LogP contribution in [-0.2, 0) is 11.2 Å². The molecule has 3 N–H and O–H groups in total. The molecule has 0 aromatic carbocycles. The van der Waals surface area contributed by atoms with Crippen molar-refractivity contribution in [1.82, 2.24) is 20.6 Å². The fourth-order valence-electron chi connectivity index (χ4n) is 1.89. The van der Waals surface area contributed by atoms with E-state index in [1.54, 1.807) is 14.0 Å². The molecule has 2 heterocycles. The number of rotatable bonds is 2. The van der Waals surface area contributed by atoms with Gasteiger partial charge in [-0.25, -0.2) is 4.98 Å². The van der Waals surface area contributed by atoms with Crippen molar-refractivity contribution in [3.05, 3.63) is 17.2 Å². The summed E-state index contributed by atoms with van der Waals surface area (Å²) in [7, 11) is 1.58. The molecule has 1 atom stereocenters. The smallest absolute Gasteiger partial charge is 0.271 e. The molecule has 0 fully saturated rings. The first-order chi connectivity index (χ1) is 8.13. The van der Waals surface area contributed by atoms with Crippen molar-refractivity contribution < 1.29 is 9.59 Å². The van der Waals surface area contributed by atoms with E-state index < -0.39 is 0 Å². The largest absolute Gasteiger partial charge is 0.359 e. The highest BCUT2D eigenvalue weighted by Gasteiger charge is 2.24. The molecule has 17 heavy (non-hydrogen) atoms. The standard InChI is InChI=1S/C11H16N4O2/c1-6(10(16)12-2)9-14-7-4-3-5-13-11(17)8(7)15-9/h6H,3-5H2,1-2H3,(H,12,16)(H,13,17)(H,14,15). The van der Waals surface area contributed by atoms with Gasteiger partial charge in [0.05, 0.1) is 5.92 Å². The average Bonchev–Trinajstić information content (AvgIpc) is 2.69. The van der Waals surface area contributed by atoms with Crippen molar-refractivity contribution in [2.75, 3.05) is 13.6 Å². The molecule has 0 radical (unpaired) electrons. The second-order valence-corrected chi connectivity index (χ2v) is 4.14. The molecule has 1 unspecified atom stereocenters. The second-order valence-electron chi connectivity index (χ2n) is 4.14. The highest BCUT2D eigenvalue weighted by molar-refractivity contribution is 5.94. The molecule has 2 amide bonds. The zero-order valence-electron chi connectivity index (χ0n) is 9.96. The summed E-state index contributed by atoms with van der Waals surface area (Å²) in [6.07, 6.45) is 1.66. The van der Waals surface area contributed by atoms with Gasteiger partial charge in [-0.2, -0.15) is 0 Å². The number of amides is 2. The normalized spacial score (nSPS) is 16.7. The van der Waals surface area contributed by atoms with Crippen LogP contribution in [0.15, 0.2) is 0 Å². The van der Waals surface area contributed by atoms with Crippen LogP contribution in [0, 0.1) is 0 Å². The van der Waals surface area contributed by atoms with Crippen LogP contribution >= 0.6 is 0 Å². The molecule has 6 heteroatoms. The number of aromatic nitrogens is 2. The van der Waals surface area contributed by atoms with Crippen LogP contribution in [-0.4, -0.2) is 35.4 Å². The number of nitrogens with one attached hydrogen (secondary N) is 3. The van der Waals surface area contributed by atoms with Gasteiger partial charge in [-0.1, -0.05) is 0 Å². The van der Waals surface area contributed by atoms with Gasteiger partial charge in [0.25, 0.3) is 5.91 Å². The van der Waals surface area contributed by atoms with E-state index in [2.05, 4.69) is 20.6 Å². The number of H-pyrrole nitrogens is 1. The van der Waals surface area contributed by atoms with E-state index in [0.717, 1.165) is 18.5 Å². The summed E-state index contributed by atoms with van der Waals surface area (Å²) in [4.78, 5) is 30.5. The van der Waals surface area contributed by atoms with Crippen LogP contribution in [0.25, 0.3) is 0 Å². The van der Waals surface area contributed by atoms with E-state index >= 15 is 0 Å². The van der Waals surface area contributed by atoms with Crippen LogP contribution < -0.4 is 10.6 Å². The monoisotopic (exact) mass is 236 g/mol. The number of likely N-dealkylation sites (N-methyl/N-ethyl adjacent to an activating group) is 1. The molecular formula is C11H16N4O2. The van der Waals surface area contributed by atoms with Gasteiger partial charge in [-0.15, -0.1) is 0 Å². The molecule has 1 aliphatic heterocycles. The van der Waals surface area contributed by atoms with Gasteiger partial charge >= 0.3 is 0 Å². The molecule has 6 nitrogen and oxygen atoms in total. The van der Waals surface area contributed by atoms with Crippen molar-refractivity contribution >= 4 is 11.8 Å². The van der Waals surface area contributed by atoms with Crippen LogP contribution in [0.4, 0.5) is 0 Å². The topological polar surface area (TPSA) is 86.9 Å². The number of fused-ring (bicyclic) bond motifs is 1. The summed E-state index contributed by atoms with van der Waals surface area (Å²) < 4.78 is 0. The predicted octanol–water partition coefficient (Wildman–Crippen LogP) is -0.0648. The lowest BCUT2D eigenvalue weighted by molar-refractivity contribution is -0.121. The molecule has 1 aromatic rings. The predicted molar refractivity (Wildman–Crippen MR) is 61.7 cm³/mol. The third kappa shape index (κ3) is 2.15. The number of carbonyl (C=O) groups is 2. The fourth-order valence-corrected chi connectivity index (χ4v) is 1.89. The molecule has 0 spiro atoms. The Morgan fingerprint density at radius 3 is 3.00 bits per heavy atom. The van der Waals surface area contributed by atoms with Gasteiger partial charge in [0.1, 0.15) is 11.5 Å².